The van der Waals surface area contributed by atoms with E-state index in [0.29, 0.717) is 25.7 Å². The monoisotopic (exact) mass is 296 g/mol. The molecule has 0 saturated carbocycles. The van der Waals surface area contributed by atoms with Crippen LogP contribution in [0.2, 0.25) is 0 Å². The Morgan fingerprint density at radius 3 is 2.57 bits per heavy atom. The van der Waals surface area contributed by atoms with E-state index in [4.69, 9.17) is 0 Å². The number of nitrogens with zero attached hydrogens (tertiary/aromatic N) is 2. The van der Waals surface area contributed by atoms with E-state index in [-0.39, 0.29) is 17.2 Å². The van der Waals surface area contributed by atoms with Crippen molar-refractivity contribution >= 4 is 11.9 Å². The molecule has 0 atom stereocenters. The van der Waals surface area contributed by atoms with Crippen LogP contribution in [-0.2, 0) is 4.79 Å². The smallest absolute Gasteiger partial charge is 0.329 e. The van der Waals surface area contributed by atoms with Gasteiger partial charge in [-0.25, -0.2) is 13.6 Å². The minimum atomic E-state index is -2.71. The van der Waals surface area contributed by atoms with Gasteiger partial charge in [-0.1, -0.05) is 0 Å². The van der Waals surface area contributed by atoms with Crippen molar-refractivity contribution in [3.63, 3.8) is 0 Å². The Labute approximate surface area is 119 Å². The van der Waals surface area contributed by atoms with Gasteiger partial charge in [-0.15, -0.1) is 0 Å². The van der Waals surface area contributed by atoms with Gasteiger partial charge in [-0.05, 0) is 31.7 Å². The van der Waals surface area contributed by atoms with Crippen LogP contribution in [0.15, 0.2) is 18.5 Å². The number of carboxylic acids is 1. The summed E-state index contributed by atoms with van der Waals surface area (Å²) in [7, 11) is 0. The van der Waals surface area contributed by atoms with Gasteiger partial charge in [0.15, 0.2) is 0 Å². The molecular weight excluding hydrogens is 282 g/mol. The highest BCUT2D eigenvalue weighted by molar-refractivity contribution is 5.99. The molecule has 2 aliphatic rings. The molecule has 2 fully saturated rings. The number of hydrogen-bond acceptors (Lipinski definition) is 3. The Morgan fingerprint density at radius 1 is 1.33 bits per heavy atom. The number of amides is 1. The maximum absolute atomic E-state index is 12.7. The van der Waals surface area contributed by atoms with E-state index in [1.807, 2.05) is 0 Å². The molecule has 7 heteroatoms. The van der Waals surface area contributed by atoms with Crippen LogP contribution in [0.3, 0.4) is 0 Å². The molecule has 3 heterocycles. The molecule has 1 N–H and O–H groups in total. The molecule has 21 heavy (non-hydrogen) atoms. The Hall–Kier alpha value is -2.05. The van der Waals surface area contributed by atoms with Gasteiger partial charge in [0, 0.05) is 24.0 Å². The maximum Gasteiger partial charge on any atom is 0.329 e. The summed E-state index contributed by atoms with van der Waals surface area (Å²) in [6.07, 6.45) is 1.62. The van der Waals surface area contributed by atoms with Gasteiger partial charge in [0.2, 0.25) is 0 Å². The molecule has 3 rings (SSSR count). The van der Waals surface area contributed by atoms with Crippen LogP contribution in [0.4, 0.5) is 8.78 Å². The van der Waals surface area contributed by atoms with Crippen LogP contribution >= 0.6 is 0 Å². The number of fused-ring (bicyclic) bond motifs is 2. The average Bonchev–Trinajstić information content (AvgIpc) is 3.03. The zero-order valence-corrected chi connectivity index (χ0v) is 11.1. The first-order valence-electron chi connectivity index (χ1n) is 6.76. The quantitative estimate of drug-likeness (QED) is 0.928. The number of alkyl halides is 2. The van der Waals surface area contributed by atoms with Gasteiger partial charge in [0.05, 0.1) is 5.56 Å². The number of aliphatic carboxylic acids is 1. The van der Waals surface area contributed by atoms with Crippen molar-refractivity contribution in [2.45, 2.75) is 43.7 Å². The number of pyridine rings is 1. The van der Waals surface area contributed by atoms with Gasteiger partial charge < -0.3 is 10.0 Å². The van der Waals surface area contributed by atoms with Crippen LogP contribution in [0.5, 0.6) is 0 Å². The Morgan fingerprint density at radius 2 is 2.00 bits per heavy atom. The van der Waals surface area contributed by atoms with Crippen molar-refractivity contribution in [2.24, 2.45) is 0 Å². The predicted molar refractivity (Wildman–Crippen MR) is 68.0 cm³/mol. The summed E-state index contributed by atoms with van der Waals surface area (Å²) in [6.45, 7) is 0. The third-order valence-electron chi connectivity index (χ3n) is 4.48. The van der Waals surface area contributed by atoms with Crippen LogP contribution in [-0.4, -0.2) is 38.4 Å². The minimum Gasteiger partial charge on any atom is -0.479 e. The molecule has 0 aromatic carbocycles. The topological polar surface area (TPSA) is 70.5 Å². The molecule has 0 spiro atoms. The van der Waals surface area contributed by atoms with Crippen LogP contribution in [0.25, 0.3) is 0 Å². The number of hydrogen-bond donors (Lipinski definition) is 1. The van der Waals surface area contributed by atoms with Gasteiger partial charge in [-0.2, -0.15) is 0 Å². The number of rotatable bonds is 3. The lowest BCUT2D eigenvalue weighted by molar-refractivity contribution is -0.147. The Bertz CT molecular complexity index is 598. The highest BCUT2D eigenvalue weighted by Crippen LogP contribution is 2.47. The molecule has 5 nitrogen and oxygen atoms in total. The molecular formula is C14H14F2N2O3. The van der Waals surface area contributed by atoms with E-state index in [9.17, 15) is 23.5 Å². The van der Waals surface area contributed by atoms with Gasteiger partial charge >= 0.3 is 5.97 Å². The van der Waals surface area contributed by atoms with E-state index in [0.717, 1.165) is 12.3 Å². The van der Waals surface area contributed by atoms with Crippen molar-refractivity contribution in [2.75, 3.05) is 0 Å². The summed E-state index contributed by atoms with van der Waals surface area (Å²) in [4.78, 5) is 29.2. The third-order valence-corrected chi connectivity index (χ3v) is 4.48. The van der Waals surface area contributed by atoms with E-state index < -0.39 is 23.8 Å². The molecule has 1 aromatic heterocycles. The average molecular weight is 296 g/mol. The zero-order chi connectivity index (χ0) is 15.2. The fourth-order valence-electron chi connectivity index (χ4n) is 3.44. The molecule has 0 radical (unpaired) electrons. The Kier molecular flexibility index (Phi) is 3.15. The van der Waals surface area contributed by atoms with Crippen molar-refractivity contribution in [3.05, 3.63) is 29.6 Å². The molecule has 2 bridgehead atoms. The van der Waals surface area contributed by atoms with E-state index in [1.165, 1.54) is 11.1 Å². The predicted octanol–water partition coefficient (Wildman–Crippen LogP) is 2.24. The number of carbonyl (C=O) groups is 2. The largest absolute Gasteiger partial charge is 0.479 e. The first-order valence-corrected chi connectivity index (χ1v) is 6.76. The summed E-state index contributed by atoms with van der Waals surface area (Å²) in [5.41, 5.74) is -1.49. The summed E-state index contributed by atoms with van der Waals surface area (Å²) in [6, 6.07) is 0.969. The lowest BCUT2D eigenvalue weighted by atomic mass is 9.88. The van der Waals surface area contributed by atoms with Crippen molar-refractivity contribution in [1.82, 2.24) is 9.88 Å². The molecule has 2 aliphatic heterocycles. The van der Waals surface area contributed by atoms with Crippen LogP contribution in [0, 0.1) is 0 Å². The second-order valence-electron chi connectivity index (χ2n) is 5.55. The Balaban J connectivity index is 1.95. The van der Waals surface area contributed by atoms with E-state index in [2.05, 4.69) is 4.98 Å². The number of carbonyl (C=O) groups excluding carboxylic acids is 1. The lowest BCUT2D eigenvalue weighted by Crippen LogP contribution is -2.50. The lowest BCUT2D eigenvalue weighted by Gasteiger charge is -2.30. The summed E-state index contributed by atoms with van der Waals surface area (Å²) in [5.74, 6) is -1.54. The number of halogens is 2. The molecule has 1 amide bonds. The first-order chi connectivity index (χ1) is 9.95. The highest BCUT2D eigenvalue weighted by atomic mass is 19.3. The normalized spacial score (nSPS) is 27.4. The number of aromatic nitrogens is 1. The van der Waals surface area contributed by atoms with E-state index in [1.54, 1.807) is 0 Å². The van der Waals surface area contributed by atoms with E-state index >= 15 is 0 Å². The van der Waals surface area contributed by atoms with Gasteiger partial charge in [0.1, 0.15) is 5.54 Å². The van der Waals surface area contributed by atoms with Crippen molar-refractivity contribution in [1.29, 1.82) is 0 Å². The molecule has 1 aromatic rings. The van der Waals surface area contributed by atoms with Crippen LogP contribution < -0.4 is 0 Å². The maximum atomic E-state index is 12.7. The summed E-state index contributed by atoms with van der Waals surface area (Å²) >= 11 is 0. The summed E-state index contributed by atoms with van der Waals surface area (Å²) < 4.78 is 25.4. The third kappa shape index (κ3) is 1.99. The zero-order valence-electron chi connectivity index (χ0n) is 11.1. The van der Waals surface area contributed by atoms with Crippen molar-refractivity contribution in [3.8, 4) is 0 Å². The summed E-state index contributed by atoms with van der Waals surface area (Å²) in [5, 5.41) is 9.47. The molecule has 2 saturated heterocycles. The van der Waals surface area contributed by atoms with Gasteiger partial charge in [0.25, 0.3) is 12.3 Å². The minimum absolute atomic E-state index is 0.0206. The SMILES string of the molecule is O=C(c1cncc(C(F)F)c1)N1C2CCC1(C(=O)O)CC2. The van der Waals surface area contributed by atoms with Gasteiger partial charge in [-0.3, -0.25) is 9.78 Å². The fourth-order valence-corrected chi connectivity index (χ4v) is 3.44. The highest BCUT2D eigenvalue weighted by Gasteiger charge is 2.58. The molecule has 112 valence electrons. The second-order valence-corrected chi connectivity index (χ2v) is 5.55. The standard InChI is InChI=1S/C14H14F2N2O3/c15-11(16)8-5-9(7-17-6-8)12(19)18-10-1-3-14(18,4-2-10)13(20)21/h5-7,10-11H,1-4H2,(H,20,21). The first kappa shape index (κ1) is 13.9. The molecule has 0 aliphatic carbocycles. The molecule has 0 unspecified atom stereocenters. The second kappa shape index (κ2) is 4.75. The van der Waals surface area contributed by atoms with Crippen molar-refractivity contribution < 1.29 is 23.5 Å². The fraction of sp³-hybridized carbons (Fsp3) is 0.500. The van der Waals surface area contributed by atoms with Crippen LogP contribution in [0.1, 0.15) is 48.0 Å². The number of carboxylic acid groups (broad SMARTS) is 1.